The monoisotopic (exact) mass is 319 g/mol. The van der Waals surface area contributed by atoms with E-state index >= 15 is 0 Å². The highest BCUT2D eigenvalue weighted by Crippen LogP contribution is 2.15. The Morgan fingerprint density at radius 2 is 2.05 bits per heavy atom. The van der Waals surface area contributed by atoms with E-state index in [1.807, 2.05) is 25.1 Å². The molecule has 0 fully saturated rings. The minimum Gasteiger partial charge on any atom is -0.369 e. The number of amides is 2. The van der Waals surface area contributed by atoms with Crippen LogP contribution in [0.1, 0.15) is 21.7 Å². The standard InChI is InChI=1S/C14H17N5O2S/c1-9-5-3-4-6-10(9)13(21)16-7-12-17-18-14(19(12)2)22-8-11(15)20/h3-6H,7-8H2,1-2H3,(H2,15,20)(H,16,21). The zero-order valence-corrected chi connectivity index (χ0v) is 13.2. The van der Waals surface area contributed by atoms with Crippen LogP contribution in [0, 0.1) is 6.92 Å². The summed E-state index contributed by atoms with van der Waals surface area (Å²) in [6.45, 7) is 2.14. The molecule has 22 heavy (non-hydrogen) atoms. The summed E-state index contributed by atoms with van der Waals surface area (Å²) in [6.07, 6.45) is 0. The number of primary amides is 1. The normalized spacial score (nSPS) is 10.5. The molecule has 0 atom stereocenters. The van der Waals surface area contributed by atoms with Crippen LogP contribution in [0.5, 0.6) is 0 Å². The van der Waals surface area contributed by atoms with E-state index in [1.54, 1.807) is 17.7 Å². The lowest BCUT2D eigenvalue weighted by molar-refractivity contribution is -0.115. The average molecular weight is 319 g/mol. The Bertz CT molecular complexity index is 698. The van der Waals surface area contributed by atoms with Crippen LogP contribution in [-0.2, 0) is 18.4 Å². The van der Waals surface area contributed by atoms with Crippen molar-refractivity contribution in [1.29, 1.82) is 0 Å². The van der Waals surface area contributed by atoms with Crippen molar-refractivity contribution in [2.75, 3.05) is 5.75 Å². The van der Waals surface area contributed by atoms with Crippen molar-refractivity contribution in [2.24, 2.45) is 12.8 Å². The van der Waals surface area contributed by atoms with E-state index in [2.05, 4.69) is 15.5 Å². The van der Waals surface area contributed by atoms with E-state index in [9.17, 15) is 9.59 Å². The largest absolute Gasteiger partial charge is 0.369 e. The summed E-state index contributed by atoms with van der Waals surface area (Å²) in [5, 5.41) is 11.4. The first kappa shape index (κ1) is 16.0. The number of rotatable bonds is 6. The molecular weight excluding hydrogens is 302 g/mol. The van der Waals surface area contributed by atoms with Gasteiger partial charge in [0.2, 0.25) is 5.91 Å². The minimum absolute atomic E-state index is 0.140. The fourth-order valence-electron chi connectivity index (χ4n) is 1.84. The number of aromatic nitrogens is 3. The predicted molar refractivity (Wildman–Crippen MR) is 83.3 cm³/mol. The lowest BCUT2D eigenvalue weighted by Gasteiger charge is -2.07. The second-order valence-corrected chi connectivity index (χ2v) is 5.65. The van der Waals surface area contributed by atoms with Crippen LogP contribution in [-0.4, -0.2) is 32.3 Å². The number of nitrogens with two attached hydrogens (primary N) is 1. The quantitative estimate of drug-likeness (QED) is 0.760. The molecule has 0 aliphatic carbocycles. The van der Waals surface area contributed by atoms with Gasteiger partial charge in [-0.05, 0) is 18.6 Å². The third kappa shape index (κ3) is 3.85. The molecule has 116 valence electrons. The van der Waals surface area contributed by atoms with Crippen molar-refractivity contribution >= 4 is 23.6 Å². The van der Waals surface area contributed by atoms with Crippen LogP contribution in [0.3, 0.4) is 0 Å². The van der Waals surface area contributed by atoms with Crippen molar-refractivity contribution < 1.29 is 9.59 Å². The van der Waals surface area contributed by atoms with Crippen LogP contribution >= 0.6 is 11.8 Å². The van der Waals surface area contributed by atoms with Gasteiger partial charge in [-0.15, -0.1) is 10.2 Å². The van der Waals surface area contributed by atoms with Gasteiger partial charge in [-0.25, -0.2) is 0 Å². The Kier molecular flexibility index (Phi) is 5.16. The van der Waals surface area contributed by atoms with Crippen molar-refractivity contribution in [3.63, 3.8) is 0 Å². The molecule has 8 heteroatoms. The number of carbonyl (C=O) groups is 2. The van der Waals surface area contributed by atoms with E-state index in [1.165, 1.54) is 11.8 Å². The molecule has 0 unspecified atom stereocenters. The van der Waals surface area contributed by atoms with Gasteiger partial charge in [-0.1, -0.05) is 30.0 Å². The lowest BCUT2D eigenvalue weighted by atomic mass is 10.1. The summed E-state index contributed by atoms with van der Waals surface area (Å²) in [5.74, 6) is 0.172. The Balaban J connectivity index is 1.99. The molecule has 2 rings (SSSR count). The number of benzene rings is 1. The topological polar surface area (TPSA) is 103 Å². The highest BCUT2D eigenvalue weighted by atomic mass is 32.2. The zero-order valence-electron chi connectivity index (χ0n) is 12.4. The molecule has 2 aromatic rings. The van der Waals surface area contributed by atoms with Crippen molar-refractivity contribution in [3.05, 3.63) is 41.2 Å². The highest BCUT2D eigenvalue weighted by Gasteiger charge is 2.13. The molecule has 0 saturated heterocycles. The van der Waals surface area contributed by atoms with Gasteiger partial charge in [0, 0.05) is 12.6 Å². The molecule has 2 amide bonds. The number of carbonyl (C=O) groups excluding carboxylic acids is 2. The van der Waals surface area contributed by atoms with Gasteiger partial charge in [0.05, 0.1) is 12.3 Å². The first-order valence-corrected chi connectivity index (χ1v) is 7.60. The van der Waals surface area contributed by atoms with Crippen LogP contribution in [0.25, 0.3) is 0 Å². The summed E-state index contributed by atoms with van der Waals surface area (Å²) < 4.78 is 1.73. The SMILES string of the molecule is Cc1ccccc1C(=O)NCc1nnc(SCC(N)=O)n1C. The second kappa shape index (κ2) is 7.08. The van der Waals surface area contributed by atoms with Crippen LogP contribution in [0.2, 0.25) is 0 Å². The number of nitrogens with zero attached hydrogens (tertiary/aromatic N) is 3. The van der Waals surface area contributed by atoms with E-state index in [0.717, 1.165) is 5.56 Å². The molecule has 3 N–H and O–H groups in total. The Morgan fingerprint density at radius 3 is 2.73 bits per heavy atom. The maximum Gasteiger partial charge on any atom is 0.251 e. The number of nitrogens with one attached hydrogen (secondary N) is 1. The van der Waals surface area contributed by atoms with Gasteiger partial charge in [0.1, 0.15) is 0 Å². The lowest BCUT2D eigenvalue weighted by Crippen LogP contribution is -2.25. The summed E-state index contributed by atoms with van der Waals surface area (Å²) in [6, 6.07) is 7.37. The van der Waals surface area contributed by atoms with E-state index in [0.29, 0.717) is 16.5 Å². The van der Waals surface area contributed by atoms with Gasteiger partial charge >= 0.3 is 0 Å². The van der Waals surface area contributed by atoms with Crippen molar-refractivity contribution in [3.8, 4) is 0 Å². The Morgan fingerprint density at radius 1 is 1.32 bits per heavy atom. The van der Waals surface area contributed by atoms with E-state index in [-0.39, 0.29) is 18.2 Å². The smallest absolute Gasteiger partial charge is 0.251 e. The maximum atomic E-state index is 12.1. The molecule has 0 bridgehead atoms. The first-order chi connectivity index (χ1) is 10.5. The third-order valence-corrected chi connectivity index (χ3v) is 4.11. The molecule has 1 aromatic heterocycles. The summed E-state index contributed by atoms with van der Waals surface area (Å²) in [4.78, 5) is 22.9. The molecule has 7 nitrogen and oxygen atoms in total. The molecule has 0 spiro atoms. The van der Waals surface area contributed by atoms with Crippen LogP contribution in [0.15, 0.2) is 29.4 Å². The van der Waals surface area contributed by atoms with Gasteiger partial charge in [-0.2, -0.15) is 0 Å². The predicted octanol–water partition coefficient (Wildman–Crippen LogP) is 0.631. The molecule has 0 aliphatic rings. The number of hydrogen-bond donors (Lipinski definition) is 2. The zero-order chi connectivity index (χ0) is 16.1. The number of hydrogen-bond acceptors (Lipinski definition) is 5. The van der Waals surface area contributed by atoms with Crippen molar-refractivity contribution in [1.82, 2.24) is 20.1 Å². The Labute approximate surface area is 132 Å². The summed E-state index contributed by atoms with van der Waals surface area (Å²) in [7, 11) is 1.78. The minimum atomic E-state index is -0.414. The summed E-state index contributed by atoms with van der Waals surface area (Å²) in [5.41, 5.74) is 6.64. The molecule has 0 saturated carbocycles. The van der Waals surface area contributed by atoms with Gasteiger partial charge in [0.15, 0.2) is 11.0 Å². The average Bonchev–Trinajstić information content (AvgIpc) is 2.83. The van der Waals surface area contributed by atoms with Crippen LogP contribution < -0.4 is 11.1 Å². The molecule has 1 heterocycles. The highest BCUT2D eigenvalue weighted by molar-refractivity contribution is 7.99. The summed E-state index contributed by atoms with van der Waals surface area (Å²) >= 11 is 1.21. The first-order valence-electron chi connectivity index (χ1n) is 6.62. The second-order valence-electron chi connectivity index (χ2n) is 4.71. The third-order valence-electron chi connectivity index (χ3n) is 3.07. The molecule has 0 radical (unpaired) electrons. The van der Waals surface area contributed by atoms with Crippen LogP contribution in [0.4, 0.5) is 0 Å². The fourth-order valence-corrected chi connectivity index (χ4v) is 2.51. The van der Waals surface area contributed by atoms with E-state index < -0.39 is 5.91 Å². The maximum absolute atomic E-state index is 12.1. The van der Waals surface area contributed by atoms with Gasteiger partial charge in [-0.3, -0.25) is 9.59 Å². The molecule has 0 aliphatic heterocycles. The Hall–Kier alpha value is -2.35. The fraction of sp³-hybridized carbons (Fsp3) is 0.286. The van der Waals surface area contributed by atoms with Crippen molar-refractivity contribution in [2.45, 2.75) is 18.6 Å². The van der Waals surface area contributed by atoms with Gasteiger partial charge in [0.25, 0.3) is 5.91 Å². The van der Waals surface area contributed by atoms with E-state index in [4.69, 9.17) is 5.73 Å². The molecular formula is C14H17N5O2S. The number of aryl methyl sites for hydroxylation is 1. The molecule has 1 aromatic carbocycles. The van der Waals surface area contributed by atoms with Gasteiger partial charge < -0.3 is 15.6 Å². The number of thioether (sulfide) groups is 1.